The van der Waals surface area contributed by atoms with Crippen LogP contribution in [0, 0.1) is 0 Å². The summed E-state index contributed by atoms with van der Waals surface area (Å²) in [7, 11) is -0.159. The summed E-state index contributed by atoms with van der Waals surface area (Å²) >= 11 is 0. The van der Waals surface area contributed by atoms with Crippen LogP contribution in [0.3, 0.4) is 0 Å². The molecule has 0 amide bonds. The maximum Gasteiger partial charge on any atom is 0.216 e. The predicted octanol–water partition coefficient (Wildman–Crippen LogP) is 1.61. The number of sulfonamides is 1. The topological polar surface area (TPSA) is 65.1 Å². The van der Waals surface area contributed by atoms with Gasteiger partial charge in [-0.25, -0.2) is 8.42 Å². The Morgan fingerprint density at radius 2 is 2.00 bits per heavy atom. The molecule has 7 heteroatoms. The van der Waals surface area contributed by atoms with E-state index in [1.54, 1.807) is 18.5 Å². The van der Waals surface area contributed by atoms with Crippen molar-refractivity contribution in [1.29, 1.82) is 0 Å². The normalized spacial score (nSPS) is 18.7. The molecule has 0 radical (unpaired) electrons. The Morgan fingerprint density at radius 3 is 2.70 bits per heavy atom. The van der Waals surface area contributed by atoms with Gasteiger partial charge in [0.05, 0.1) is 32.7 Å². The van der Waals surface area contributed by atoms with Gasteiger partial charge < -0.3 is 14.2 Å². The number of methoxy groups -OCH3 is 2. The Kier molecular flexibility index (Phi) is 6.41. The molecule has 1 aliphatic rings. The molecule has 0 saturated carbocycles. The first-order valence-corrected chi connectivity index (χ1v) is 9.33. The molecule has 0 aromatic heterocycles. The molecule has 1 heterocycles. The van der Waals surface area contributed by atoms with Gasteiger partial charge >= 0.3 is 0 Å². The maximum atomic E-state index is 12.6. The fraction of sp³-hybridized carbons (Fsp3) is 0.625. The highest BCUT2D eigenvalue weighted by Crippen LogP contribution is 2.33. The van der Waals surface area contributed by atoms with Crippen molar-refractivity contribution in [3.8, 4) is 5.75 Å². The summed E-state index contributed by atoms with van der Waals surface area (Å²) in [6.07, 6.45) is 0.716. The smallest absolute Gasteiger partial charge is 0.216 e. The third-order valence-corrected chi connectivity index (χ3v) is 6.01. The van der Waals surface area contributed by atoms with Gasteiger partial charge in [-0.15, -0.1) is 0 Å². The fourth-order valence-electron chi connectivity index (χ4n) is 2.80. The SMILES string of the molecule is COCCOCCS(=O)(=O)N1CCc2ccc(OC)cc2C1C. The van der Waals surface area contributed by atoms with Crippen LogP contribution in [0.25, 0.3) is 0 Å². The van der Waals surface area contributed by atoms with Crippen LogP contribution >= 0.6 is 0 Å². The molecule has 1 aromatic carbocycles. The lowest BCUT2D eigenvalue weighted by molar-refractivity contribution is 0.0780. The molecule has 0 aliphatic carbocycles. The van der Waals surface area contributed by atoms with Crippen molar-refractivity contribution < 1.29 is 22.6 Å². The van der Waals surface area contributed by atoms with Gasteiger partial charge in [0.2, 0.25) is 10.0 Å². The van der Waals surface area contributed by atoms with Gasteiger partial charge in [-0.3, -0.25) is 0 Å². The monoisotopic (exact) mass is 343 g/mol. The highest BCUT2D eigenvalue weighted by Gasteiger charge is 2.32. The van der Waals surface area contributed by atoms with Gasteiger partial charge in [-0.05, 0) is 36.6 Å². The Labute approximate surface area is 138 Å². The molecule has 1 atom stereocenters. The molecule has 1 unspecified atom stereocenters. The minimum Gasteiger partial charge on any atom is -0.497 e. The van der Waals surface area contributed by atoms with Crippen molar-refractivity contribution in [3.63, 3.8) is 0 Å². The fourth-order valence-corrected chi connectivity index (χ4v) is 4.33. The lowest BCUT2D eigenvalue weighted by atomic mass is 9.95. The molecule has 23 heavy (non-hydrogen) atoms. The molecule has 2 rings (SSSR count). The van der Waals surface area contributed by atoms with Crippen LogP contribution in [0.4, 0.5) is 0 Å². The van der Waals surface area contributed by atoms with Crippen LogP contribution in [0.2, 0.25) is 0 Å². The summed E-state index contributed by atoms with van der Waals surface area (Å²) in [5, 5.41) is 0. The van der Waals surface area contributed by atoms with Crippen molar-refractivity contribution in [1.82, 2.24) is 4.31 Å². The Hall–Kier alpha value is -1.15. The summed E-state index contributed by atoms with van der Waals surface area (Å²) in [6.45, 7) is 3.47. The zero-order chi connectivity index (χ0) is 16.9. The highest BCUT2D eigenvalue weighted by atomic mass is 32.2. The average molecular weight is 343 g/mol. The number of hydrogen-bond acceptors (Lipinski definition) is 5. The molecule has 1 aliphatic heterocycles. The van der Waals surface area contributed by atoms with Gasteiger partial charge in [0.25, 0.3) is 0 Å². The van der Waals surface area contributed by atoms with E-state index in [9.17, 15) is 8.42 Å². The van der Waals surface area contributed by atoms with E-state index in [4.69, 9.17) is 14.2 Å². The third kappa shape index (κ3) is 4.44. The van der Waals surface area contributed by atoms with Crippen molar-refractivity contribution >= 4 is 10.0 Å². The second kappa shape index (κ2) is 8.10. The van der Waals surface area contributed by atoms with E-state index in [0.29, 0.717) is 26.2 Å². The van der Waals surface area contributed by atoms with Gasteiger partial charge in [-0.2, -0.15) is 4.31 Å². The standard InChI is InChI=1S/C16H25NO5S/c1-13-16-12-15(21-3)5-4-14(16)6-7-17(13)23(18,19)11-10-22-9-8-20-2/h4-5,12-13H,6-11H2,1-3H3. The third-order valence-electron chi connectivity index (χ3n) is 4.11. The summed E-state index contributed by atoms with van der Waals surface area (Å²) in [6, 6.07) is 5.66. The molecule has 0 spiro atoms. The average Bonchev–Trinajstić information content (AvgIpc) is 2.54. The molecule has 0 fully saturated rings. The first-order chi connectivity index (χ1) is 11.0. The minimum atomic E-state index is -3.36. The Balaban J connectivity index is 2.05. The van der Waals surface area contributed by atoms with Crippen molar-refractivity contribution in [2.24, 2.45) is 0 Å². The lowest BCUT2D eigenvalue weighted by Crippen LogP contribution is -2.40. The number of ether oxygens (including phenoxy) is 3. The lowest BCUT2D eigenvalue weighted by Gasteiger charge is -2.34. The molecule has 130 valence electrons. The van der Waals surface area contributed by atoms with E-state index in [0.717, 1.165) is 11.3 Å². The summed E-state index contributed by atoms with van der Waals surface area (Å²) in [4.78, 5) is 0. The van der Waals surface area contributed by atoms with E-state index >= 15 is 0 Å². The number of fused-ring (bicyclic) bond motifs is 1. The van der Waals surface area contributed by atoms with Crippen LogP contribution in [0.1, 0.15) is 24.1 Å². The van der Waals surface area contributed by atoms with E-state index in [1.165, 1.54) is 5.56 Å². The van der Waals surface area contributed by atoms with Crippen LogP contribution < -0.4 is 4.74 Å². The first-order valence-electron chi connectivity index (χ1n) is 7.72. The predicted molar refractivity (Wildman–Crippen MR) is 88.3 cm³/mol. The number of benzene rings is 1. The molecule has 0 N–H and O–H groups in total. The second-order valence-corrected chi connectivity index (χ2v) is 7.56. The van der Waals surface area contributed by atoms with Gasteiger partial charge in [-0.1, -0.05) is 6.07 Å². The molecule has 6 nitrogen and oxygen atoms in total. The number of nitrogens with zero attached hydrogens (tertiary/aromatic N) is 1. The molecular formula is C16H25NO5S. The van der Waals surface area contributed by atoms with E-state index in [1.807, 2.05) is 25.1 Å². The molecule has 0 saturated heterocycles. The number of rotatable bonds is 8. The van der Waals surface area contributed by atoms with Gasteiger partial charge in [0.15, 0.2) is 0 Å². The van der Waals surface area contributed by atoms with Crippen molar-refractivity contribution in [3.05, 3.63) is 29.3 Å². The van der Waals surface area contributed by atoms with Gasteiger partial charge in [0, 0.05) is 19.7 Å². The largest absolute Gasteiger partial charge is 0.497 e. The molecule has 1 aromatic rings. The van der Waals surface area contributed by atoms with Crippen molar-refractivity contribution in [2.45, 2.75) is 19.4 Å². The molecular weight excluding hydrogens is 318 g/mol. The number of hydrogen-bond donors (Lipinski definition) is 0. The first kappa shape index (κ1) is 18.2. The van der Waals surface area contributed by atoms with Crippen LogP contribution in [0.5, 0.6) is 5.75 Å². The molecule has 0 bridgehead atoms. The Bertz CT molecular complexity index is 617. The van der Waals surface area contributed by atoms with Crippen molar-refractivity contribution in [2.75, 3.05) is 46.3 Å². The quantitative estimate of drug-likeness (QED) is 0.671. The van der Waals surface area contributed by atoms with Crippen LogP contribution in [0.15, 0.2) is 18.2 Å². The summed E-state index contributed by atoms with van der Waals surface area (Å²) < 4.78 is 42.1. The van der Waals surface area contributed by atoms with E-state index < -0.39 is 10.0 Å². The zero-order valence-electron chi connectivity index (χ0n) is 13.9. The summed E-state index contributed by atoms with van der Waals surface area (Å²) in [5.74, 6) is 0.734. The van der Waals surface area contributed by atoms with Crippen LogP contribution in [-0.2, 0) is 25.9 Å². The Morgan fingerprint density at radius 1 is 1.22 bits per heavy atom. The van der Waals surface area contributed by atoms with E-state index in [2.05, 4.69) is 0 Å². The van der Waals surface area contributed by atoms with E-state index in [-0.39, 0.29) is 18.4 Å². The highest BCUT2D eigenvalue weighted by molar-refractivity contribution is 7.89. The minimum absolute atomic E-state index is 0.0135. The second-order valence-electron chi connectivity index (χ2n) is 5.52. The van der Waals surface area contributed by atoms with Crippen LogP contribution in [-0.4, -0.2) is 59.1 Å². The summed E-state index contributed by atoms with van der Waals surface area (Å²) in [5.41, 5.74) is 2.19. The van der Waals surface area contributed by atoms with Gasteiger partial charge in [0.1, 0.15) is 5.75 Å². The zero-order valence-corrected chi connectivity index (χ0v) is 14.8. The maximum absolute atomic E-state index is 12.6.